The average molecular weight is 212 g/mol. The molecule has 0 bridgehead atoms. The van der Waals surface area contributed by atoms with Gasteiger partial charge in [-0.15, -0.1) is 0 Å². The van der Waals surface area contributed by atoms with E-state index in [2.05, 4.69) is 25.7 Å². The Bertz CT molecular complexity index is 163. The second kappa shape index (κ2) is 5.86. The van der Waals surface area contributed by atoms with Crippen molar-refractivity contribution in [1.82, 2.24) is 4.90 Å². The summed E-state index contributed by atoms with van der Waals surface area (Å²) in [5.74, 6) is 0.973. The molecular weight excluding hydrogens is 184 g/mol. The highest BCUT2D eigenvalue weighted by Crippen LogP contribution is 2.33. The van der Waals surface area contributed by atoms with Gasteiger partial charge in [-0.1, -0.05) is 20.8 Å². The predicted molar refractivity (Wildman–Crippen MR) is 67.0 cm³/mol. The molecule has 1 aliphatic carbocycles. The average Bonchev–Trinajstić information content (AvgIpc) is 3.05. The van der Waals surface area contributed by atoms with Gasteiger partial charge in [-0.2, -0.15) is 0 Å². The summed E-state index contributed by atoms with van der Waals surface area (Å²) >= 11 is 0. The smallest absolute Gasteiger partial charge is 0.0326 e. The van der Waals surface area contributed by atoms with Crippen LogP contribution < -0.4 is 5.73 Å². The monoisotopic (exact) mass is 212 g/mol. The lowest BCUT2D eigenvalue weighted by molar-refractivity contribution is 0.0794. The van der Waals surface area contributed by atoms with E-state index < -0.39 is 0 Å². The number of hydrogen-bond donors (Lipinski definition) is 1. The maximum absolute atomic E-state index is 6.01. The summed E-state index contributed by atoms with van der Waals surface area (Å²) in [4.78, 5) is 2.67. The van der Waals surface area contributed by atoms with Gasteiger partial charge in [-0.05, 0) is 44.6 Å². The molecule has 0 heterocycles. The van der Waals surface area contributed by atoms with E-state index in [1.54, 1.807) is 0 Å². The largest absolute Gasteiger partial charge is 0.329 e. The minimum absolute atomic E-state index is 0.276. The van der Waals surface area contributed by atoms with Crippen molar-refractivity contribution < 1.29 is 0 Å². The zero-order valence-electron chi connectivity index (χ0n) is 10.8. The molecule has 0 saturated heterocycles. The topological polar surface area (TPSA) is 29.3 Å². The van der Waals surface area contributed by atoms with Crippen LogP contribution in [0.4, 0.5) is 0 Å². The second-order valence-corrected chi connectivity index (χ2v) is 5.02. The van der Waals surface area contributed by atoms with Crippen molar-refractivity contribution in [1.29, 1.82) is 0 Å². The van der Waals surface area contributed by atoms with Gasteiger partial charge in [0.05, 0.1) is 0 Å². The standard InChI is InChI=1S/C13H28N2/c1-4-9-15(10-12-7-8-12)13(5-2,6-3)11-14/h12H,4-11,14H2,1-3H3. The Hall–Kier alpha value is -0.0800. The van der Waals surface area contributed by atoms with Gasteiger partial charge in [0.15, 0.2) is 0 Å². The minimum atomic E-state index is 0.276. The summed E-state index contributed by atoms with van der Waals surface area (Å²) in [7, 11) is 0. The second-order valence-electron chi connectivity index (χ2n) is 5.02. The number of rotatable bonds is 8. The Kier molecular flexibility index (Phi) is 5.07. The summed E-state index contributed by atoms with van der Waals surface area (Å²) in [5, 5.41) is 0. The highest BCUT2D eigenvalue weighted by molar-refractivity contribution is 4.92. The van der Waals surface area contributed by atoms with Crippen LogP contribution in [0.15, 0.2) is 0 Å². The van der Waals surface area contributed by atoms with Gasteiger partial charge in [-0.3, -0.25) is 4.90 Å². The van der Waals surface area contributed by atoms with Crippen LogP contribution in [0.25, 0.3) is 0 Å². The summed E-state index contributed by atoms with van der Waals surface area (Å²) in [6.45, 7) is 10.2. The Morgan fingerprint density at radius 3 is 2.13 bits per heavy atom. The number of nitrogens with zero attached hydrogens (tertiary/aromatic N) is 1. The SMILES string of the molecule is CCCN(CC1CC1)C(CC)(CC)CN. The fourth-order valence-corrected chi connectivity index (χ4v) is 2.52. The molecule has 1 aliphatic rings. The maximum Gasteiger partial charge on any atom is 0.0326 e. The Balaban J connectivity index is 2.62. The van der Waals surface area contributed by atoms with Gasteiger partial charge in [-0.25, -0.2) is 0 Å². The lowest BCUT2D eigenvalue weighted by Gasteiger charge is -2.42. The molecule has 0 aliphatic heterocycles. The first-order valence-electron chi connectivity index (χ1n) is 6.67. The molecule has 90 valence electrons. The molecule has 1 rings (SSSR count). The van der Waals surface area contributed by atoms with Gasteiger partial charge in [0.25, 0.3) is 0 Å². The highest BCUT2D eigenvalue weighted by atomic mass is 15.2. The molecule has 2 heteroatoms. The van der Waals surface area contributed by atoms with E-state index in [-0.39, 0.29) is 5.54 Å². The molecule has 0 unspecified atom stereocenters. The highest BCUT2D eigenvalue weighted by Gasteiger charge is 2.35. The van der Waals surface area contributed by atoms with E-state index in [1.165, 1.54) is 45.2 Å². The number of nitrogens with two attached hydrogens (primary N) is 1. The van der Waals surface area contributed by atoms with Crippen molar-refractivity contribution in [2.75, 3.05) is 19.6 Å². The van der Waals surface area contributed by atoms with Crippen molar-refractivity contribution in [3.05, 3.63) is 0 Å². The van der Waals surface area contributed by atoms with E-state index in [4.69, 9.17) is 5.73 Å². The lowest BCUT2D eigenvalue weighted by atomic mass is 9.90. The molecule has 1 fully saturated rings. The normalized spacial score (nSPS) is 17.4. The quantitative estimate of drug-likeness (QED) is 0.670. The molecular formula is C13H28N2. The van der Waals surface area contributed by atoms with Crippen LogP contribution in [-0.4, -0.2) is 30.1 Å². The molecule has 2 nitrogen and oxygen atoms in total. The van der Waals surface area contributed by atoms with Gasteiger partial charge in [0.2, 0.25) is 0 Å². The van der Waals surface area contributed by atoms with Crippen LogP contribution in [0, 0.1) is 5.92 Å². The van der Waals surface area contributed by atoms with Gasteiger partial charge < -0.3 is 5.73 Å². The molecule has 0 aromatic rings. The molecule has 0 radical (unpaired) electrons. The molecule has 0 aromatic heterocycles. The first kappa shape index (κ1) is 13.0. The molecule has 2 N–H and O–H groups in total. The third kappa shape index (κ3) is 3.18. The van der Waals surface area contributed by atoms with Crippen LogP contribution in [0.2, 0.25) is 0 Å². The summed E-state index contributed by atoms with van der Waals surface area (Å²) in [6.07, 6.45) is 6.50. The third-order valence-corrected chi connectivity index (χ3v) is 4.04. The molecule has 1 saturated carbocycles. The van der Waals surface area contributed by atoms with Crippen molar-refractivity contribution >= 4 is 0 Å². The predicted octanol–water partition coefficient (Wildman–Crippen LogP) is 2.63. The summed E-state index contributed by atoms with van der Waals surface area (Å²) in [6, 6.07) is 0. The van der Waals surface area contributed by atoms with Crippen molar-refractivity contribution in [3.8, 4) is 0 Å². The Morgan fingerprint density at radius 2 is 1.80 bits per heavy atom. The zero-order valence-corrected chi connectivity index (χ0v) is 10.8. The maximum atomic E-state index is 6.01. The molecule has 15 heavy (non-hydrogen) atoms. The van der Waals surface area contributed by atoms with Crippen LogP contribution in [0.3, 0.4) is 0 Å². The van der Waals surface area contributed by atoms with E-state index in [1.807, 2.05) is 0 Å². The first-order chi connectivity index (χ1) is 7.22. The van der Waals surface area contributed by atoms with E-state index in [9.17, 15) is 0 Å². The minimum Gasteiger partial charge on any atom is -0.329 e. The molecule has 0 spiro atoms. The van der Waals surface area contributed by atoms with Gasteiger partial charge in [0.1, 0.15) is 0 Å². The summed E-state index contributed by atoms with van der Waals surface area (Å²) < 4.78 is 0. The van der Waals surface area contributed by atoms with Crippen molar-refractivity contribution in [2.24, 2.45) is 11.7 Å². The molecule has 0 atom stereocenters. The third-order valence-electron chi connectivity index (χ3n) is 4.04. The van der Waals surface area contributed by atoms with Crippen molar-refractivity contribution in [3.63, 3.8) is 0 Å². The lowest BCUT2D eigenvalue weighted by Crippen LogP contribution is -2.54. The first-order valence-corrected chi connectivity index (χ1v) is 6.67. The van der Waals surface area contributed by atoms with Crippen molar-refractivity contribution in [2.45, 2.75) is 58.4 Å². The van der Waals surface area contributed by atoms with Crippen LogP contribution >= 0.6 is 0 Å². The van der Waals surface area contributed by atoms with Crippen LogP contribution in [0.1, 0.15) is 52.9 Å². The van der Waals surface area contributed by atoms with E-state index >= 15 is 0 Å². The van der Waals surface area contributed by atoms with Crippen LogP contribution in [-0.2, 0) is 0 Å². The Morgan fingerprint density at radius 1 is 1.20 bits per heavy atom. The molecule has 0 aromatic carbocycles. The van der Waals surface area contributed by atoms with Crippen LogP contribution in [0.5, 0.6) is 0 Å². The molecule has 0 amide bonds. The van der Waals surface area contributed by atoms with Gasteiger partial charge >= 0.3 is 0 Å². The Labute approximate surface area is 95.2 Å². The fraction of sp³-hybridized carbons (Fsp3) is 1.00. The zero-order chi connectivity index (χ0) is 11.3. The van der Waals surface area contributed by atoms with E-state index in [0.717, 1.165) is 12.5 Å². The van der Waals surface area contributed by atoms with E-state index in [0.29, 0.717) is 0 Å². The van der Waals surface area contributed by atoms with Gasteiger partial charge in [0, 0.05) is 18.6 Å². The fourth-order valence-electron chi connectivity index (χ4n) is 2.52. The summed E-state index contributed by atoms with van der Waals surface area (Å²) in [5.41, 5.74) is 6.29. The number of hydrogen-bond acceptors (Lipinski definition) is 2.